The van der Waals surface area contributed by atoms with Crippen LogP contribution in [0.2, 0.25) is 0 Å². The standard InChI is InChI=1S/C24H18F3NO/c25-24(26,27)21-15-7-9-18(17-21)10-8-16-28-23(29)22(19-11-3-1-4-12-19)20-13-5-2-6-14-20/h1-7,9,11-15,17,22H,16H2,(H,28,29). The van der Waals surface area contributed by atoms with Crippen molar-refractivity contribution in [3.63, 3.8) is 0 Å². The van der Waals surface area contributed by atoms with E-state index in [4.69, 9.17) is 0 Å². The van der Waals surface area contributed by atoms with E-state index in [0.717, 1.165) is 23.3 Å². The van der Waals surface area contributed by atoms with Gasteiger partial charge in [-0.3, -0.25) is 4.79 Å². The molecule has 3 aromatic rings. The molecule has 0 fully saturated rings. The molecule has 1 amide bonds. The fourth-order valence-electron chi connectivity index (χ4n) is 2.94. The Kier molecular flexibility index (Phi) is 6.36. The summed E-state index contributed by atoms with van der Waals surface area (Å²) >= 11 is 0. The Labute approximate surface area is 167 Å². The molecule has 0 atom stereocenters. The molecule has 0 aliphatic heterocycles. The highest BCUT2D eigenvalue weighted by Crippen LogP contribution is 2.29. The van der Waals surface area contributed by atoms with Gasteiger partial charge in [-0.25, -0.2) is 0 Å². The molecule has 0 radical (unpaired) electrons. The van der Waals surface area contributed by atoms with Crippen LogP contribution in [0.1, 0.15) is 28.2 Å². The van der Waals surface area contributed by atoms with E-state index >= 15 is 0 Å². The van der Waals surface area contributed by atoms with Crippen molar-refractivity contribution in [3.05, 3.63) is 107 Å². The van der Waals surface area contributed by atoms with Gasteiger partial charge in [0.2, 0.25) is 5.91 Å². The van der Waals surface area contributed by atoms with Gasteiger partial charge in [-0.05, 0) is 29.3 Å². The van der Waals surface area contributed by atoms with Crippen molar-refractivity contribution in [1.82, 2.24) is 5.32 Å². The molecule has 3 aromatic carbocycles. The van der Waals surface area contributed by atoms with Crippen LogP contribution in [0, 0.1) is 11.8 Å². The first-order valence-corrected chi connectivity index (χ1v) is 8.99. The highest BCUT2D eigenvalue weighted by molar-refractivity contribution is 5.87. The molecule has 0 aliphatic carbocycles. The first-order chi connectivity index (χ1) is 13.9. The van der Waals surface area contributed by atoms with E-state index in [9.17, 15) is 18.0 Å². The molecular weight excluding hydrogens is 375 g/mol. The highest BCUT2D eigenvalue weighted by atomic mass is 19.4. The van der Waals surface area contributed by atoms with Crippen molar-refractivity contribution in [2.24, 2.45) is 0 Å². The molecule has 1 N–H and O–H groups in total. The number of halogens is 3. The van der Waals surface area contributed by atoms with Gasteiger partial charge < -0.3 is 5.32 Å². The van der Waals surface area contributed by atoms with Gasteiger partial charge in [-0.1, -0.05) is 78.6 Å². The normalized spacial score (nSPS) is 10.9. The molecule has 0 spiro atoms. The second-order valence-electron chi connectivity index (χ2n) is 6.35. The van der Waals surface area contributed by atoms with E-state index < -0.39 is 17.7 Å². The number of benzene rings is 3. The summed E-state index contributed by atoms with van der Waals surface area (Å²) in [4.78, 5) is 12.8. The lowest BCUT2D eigenvalue weighted by Crippen LogP contribution is -2.30. The lowest BCUT2D eigenvalue weighted by Gasteiger charge is -2.17. The minimum Gasteiger partial charge on any atom is -0.344 e. The summed E-state index contributed by atoms with van der Waals surface area (Å²) in [6, 6.07) is 23.5. The average molecular weight is 393 g/mol. The number of nitrogens with one attached hydrogen (secondary N) is 1. The molecule has 0 aliphatic rings. The second-order valence-corrected chi connectivity index (χ2v) is 6.35. The summed E-state index contributed by atoms with van der Waals surface area (Å²) in [5.41, 5.74) is 1.20. The minimum atomic E-state index is -4.41. The van der Waals surface area contributed by atoms with Crippen LogP contribution in [-0.2, 0) is 11.0 Å². The maximum Gasteiger partial charge on any atom is 0.416 e. The van der Waals surface area contributed by atoms with E-state index in [1.807, 2.05) is 60.7 Å². The maximum atomic E-state index is 12.8. The zero-order valence-corrected chi connectivity index (χ0v) is 15.4. The van der Waals surface area contributed by atoms with Gasteiger partial charge >= 0.3 is 6.18 Å². The molecular formula is C24H18F3NO. The number of hydrogen-bond acceptors (Lipinski definition) is 1. The van der Waals surface area contributed by atoms with Crippen LogP contribution in [0.4, 0.5) is 13.2 Å². The lowest BCUT2D eigenvalue weighted by atomic mass is 9.90. The average Bonchev–Trinajstić information content (AvgIpc) is 2.73. The second kappa shape index (κ2) is 9.11. The van der Waals surface area contributed by atoms with Crippen LogP contribution in [-0.4, -0.2) is 12.5 Å². The third-order valence-electron chi connectivity index (χ3n) is 4.30. The Morgan fingerprint density at radius 3 is 2.00 bits per heavy atom. The third kappa shape index (κ3) is 5.49. The van der Waals surface area contributed by atoms with Gasteiger partial charge in [0.25, 0.3) is 0 Å². The summed E-state index contributed by atoms with van der Waals surface area (Å²) in [6.45, 7) is 0.0330. The van der Waals surface area contributed by atoms with Gasteiger partial charge in [0.15, 0.2) is 0 Å². The molecule has 0 bridgehead atoms. The van der Waals surface area contributed by atoms with Crippen LogP contribution < -0.4 is 5.32 Å². The monoisotopic (exact) mass is 393 g/mol. The van der Waals surface area contributed by atoms with Gasteiger partial charge in [0.1, 0.15) is 0 Å². The summed E-state index contributed by atoms with van der Waals surface area (Å²) in [6.07, 6.45) is -4.41. The Hall–Kier alpha value is -3.52. The first-order valence-electron chi connectivity index (χ1n) is 8.99. The Morgan fingerprint density at radius 1 is 0.862 bits per heavy atom. The van der Waals surface area contributed by atoms with Crippen LogP contribution >= 0.6 is 0 Å². The van der Waals surface area contributed by atoms with Crippen LogP contribution in [0.15, 0.2) is 84.9 Å². The number of hydrogen-bond donors (Lipinski definition) is 1. The van der Waals surface area contributed by atoms with Crippen molar-refractivity contribution >= 4 is 5.91 Å². The van der Waals surface area contributed by atoms with E-state index in [1.54, 1.807) is 0 Å². The maximum absolute atomic E-state index is 12.8. The van der Waals surface area contributed by atoms with Gasteiger partial charge in [-0.15, -0.1) is 0 Å². The molecule has 0 saturated heterocycles. The number of carbonyl (C=O) groups is 1. The number of rotatable bonds is 4. The zero-order valence-electron chi connectivity index (χ0n) is 15.4. The smallest absolute Gasteiger partial charge is 0.344 e. The van der Waals surface area contributed by atoms with E-state index in [2.05, 4.69) is 17.2 Å². The Morgan fingerprint density at radius 2 is 1.45 bits per heavy atom. The molecule has 29 heavy (non-hydrogen) atoms. The SMILES string of the molecule is O=C(NCC#Cc1cccc(C(F)(F)F)c1)C(c1ccccc1)c1ccccc1. The van der Waals surface area contributed by atoms with E-state index in [0.29, 0.717) is 0 Å². The topological polar surface area (TPSA) is 29.1 Å². The molecule has 0 saturated carbocycles. The minimum absolute atomic E-state index is 0.0330. The van der Waals surface area contributed by atoms with Gasteiger partial charge in [0, 0.05) is 5.56 Å². The van der Waals surface area contributed by atoms with E-state index in [1.165, 1.54) is 12.1 Å². The van der Waals surface area contributed by atoms with Crippen molar-refractivity contribution in [2.45, 2.75) is 12.1 Å². The molecule has 3 rings (SSSR count). The molecule has 5 heteroatoms. The molecule has 0 heterocycles. The Bertz CT molecular complexity index is 979. The third-order valence-corrected chi connectivity index (χ3v) is 4.30. The predicted octanol–water partition coefficient (Wildman–Crippen LogP) is 5.01. The van der Waals surface area contributed by atoms with E-state index in [-0.39, 0.29) is 18.0 Å². The summed E-state index contributed by atoms with van der Waals surface area (Å²) < 4.78 is 38.3. The van der Waals surface area contributed by atoms with Crippen molar-refractivity contribution in [3.8, 4) is 11.8 Å². The van der Waals surface area contributed by atoms with Gasteiger partial charge in [0.05, 0.1) is 18.0 Å². The molecule has 146 valence electrons. The Balaban J connectivity index is 1.72. The van der Waals surface area contributed by atoms with Crippen molar-refractivity contribution in [2.75, 3.05) is 6.54 Å². The van der Waals surface area contributed by atoms with Crippen LogP contribution in [0.3, 0.4) is 0 Å². The van der Waals surface area contributed by atoms with Gasteiger partial charge in [-0.2, -0.15) is 13.2 Å². The lowest BCUT2D eigenvalue weighted by molar-refractivity contribution is -0.137. The quantitative estimate of drug-likeness (QED) is 0.621. The highest BCUT2D eigenvalue weighted by Gasteiger charge is 2.30. The summed E-state index contributed by atoms with van der Waals surface area (Å²) in [5.74, 6) is 4.67. The van der Waals surface area contributed by atoms with Crippen LogP contribution in [0.25, 0.3) is 0 Å². The molecule has 2 nitrogen and oxygen atoms in total. The first kappa shape index (κ1) is 20.2. The number of amides is 1. The molecule has 0 aromatic heterocycles. The summed E-state index contributed by atoms with van der Waals surface area (Å²) in [5, 5.41) is 2.76. The van der Waals surface area contributed by atoms with Crippen molar-refractivity contribution < 1.29 is 18.0 Å². The molecule has 0 unspecified atom stereocenters. The predicted molar refractivity (Wildman–Crippen MR) is 106 cm³/mol. The van der Waals surface area contributed by atoms with Crippen LogP contribution in [0.5, 0.6) is 0 Å². The summed E-state index contributed by atoms with van der Waals surface area (Å²) in [7, 11) is 0. The number of carbonyl (C=O) groups excluding carboxylic acids is 1. The zero-order chi connectivity index (χ0) is 20.7. The van der Waals surface area contributed by atoms with Crippen molar-refractivity contribution in [1.29, 1.82) is 0 Å². The largest absolute Gasteiger partial charge is 0.416 e. The fourth-order valence-corrected chi connectivity index (χ4v) is 2.94. The fraction of sp³-hybridized carbons (Fsp3) is 0.125. The number of alkyl halides is 3.